The van der Waals surface area contributed by atoms with Crippen molar-refractivity contribution in [1.29, 1.82) is 0 Å². The van der Waals surface area contributed by atoms with E-state index in [2.05, 4.69) is 10.1 Å². The summed E-state index contributed by atoms with van der Waals surface area (Å²) in [6.45, 7) is 1.38. The van der Waals surface area contributed by atoms with E-state index in [1.54, 1.807) is 0 Å². The third-order valence-electron chi connectivity index (χ3n) is 4.38. The molecule has 0 aliphatic heterocycles. The smallest absolute Gasteiger partial charge is 0.246 e. The third kappa shape index (κ3) is 5.01. The number of nitrogens with zero attached hydrogens (tertiary/aromatic N) is 4. The molecule has 0 atom stereocenters. The Labute approximate surface area is 174 Å². The summed E-state index contributed by atoms with van der Waals surface area (Å²) in [7, 11) is -2.41. The highest BCUT2D eigenvalue weighted by Crippen LogP contribution is 2.22. The highest BCUT2D eigenvalue weighted by Gasteiger charge is 2.25. The van der Waals surface area contributed by atoms with Gasteiger partial charge in [0.1, 0.15) is 12.4 Å². The molecular formula is C20H21FN4O4S. The van der Waals surface area contributed by atoms with Crippen LogP contribution in [-0.4, -0.2) is 49.2 Å². The lowest BCUT2D eigenvalue weighted by molar-refractivity contribution is -0.129. The minimum atomic E-state index is -3.88. The van der Waals surface area contributed by atoms with Gasteiger partial charge in [-0.25, -0.2) is 12.8 Å². The number of hydrogen-bond acceptors (Lipinski definition) is 6. The Kier molecular flexibility index (Phi) is 6.16. The quantitative estimate of drug-likeness (QED) is 0.569. The average molecular weight is 432 g/mol. The molecule has 30 heavy (non-hydrogen) atoms. The summed E-state index contributed by atoms with van der Waals surface area (Å²) in [5.74, 6) is -0.718. The van der Waals surface area contributed by atoms with Crippen molar-refractivity contribution in [3.8, 4) is 11.4 Å². The van der Waals surface area contributed by atoms with Crippen molar-refractivity contribution in [3.05, 3.63) is 65.8 Å². The number of benzene rings is 2. The molecule has 158 valence electrons. The molecule has 0 N–H and O–H groups in total. The lowest BCUT2D eigenvalue weighted by atomic mass is 10.1. The van der Waals surface area contributed by atoms with Crippen LogP contribution in [0.15, 0.2) is 53.1 Å². The number of carbonyl (C=O) groups is 1. The summed E-state index contributed by atoms with van der Waals surface area (Å²) in [5, 5.41) is 3.91. The molecule has 1 heterocycles. The van der Waals surface area contributed by atoms with Crippen LogP contribution in [0.5, 0.6) is 0 Å². The molecule has 0 saturated heterocycles. The van der Waals surface area contributed by atoms with Gasteiger partial charge >= 0.3 is 0 Å². The maximum atomic E-state index is 14.1. The molecular weight excluding hydrogens is 411 g/mol. The molecule has 3 rings (SSSR count). The van der Waals surface area contributed by atoms with Crippen LogP contribution in [0.1, 0.15) is 11.5 Å². The molecule has 2 aromatic carbocycles. The number of halogens is 1. The molecule has 0 aliphatic rings. The van der Waals surface area contributed by atoms with Gasteiger partial charge in [-0.1, -0.05) is 47.1 Å². The fraction of sp³-hybridized carbons (Fsp3) is 0.250. The van der Waals surface area contributed by atoms with Gasteiger partial charge in [-0.3, -0.25) is 9.10 Å². The first kappa shape index (κ1) is 21.4. The number of rotatable bonds is 7. The first-order valence-corrected chi connectivity index (χ1v) is 10.9. The molecule has 0 spiro atoms. The second-order valence-electron chi connectivity index (χ2n) is 6.85. The molecule has 1 amide bonds. The van der Waals surface area contributed by atoms with E-state index in [1.165, 1.54) is 30.1 Å². The van der Waals surface area contributed by atoms with E-state index >= 15 is 0 Å². The molecule has 0 fully saturated rings. The molecule has 0 bridgehead atoms. The molecule has 1 aromatic heterocycles. The van der Waals surface area contributed by atoms with Gasteiger partial charge in [0.15, 0.2) is 0 Å². The van der Waals surface area contributed by atoms with E-state index in [0.29, 0.717) is 5.82 Å². The fourth-order valence-electron chi connectivity index (χ4n) is 2.71. The zero-order valence-corrected chi connectivity index (χ0v) is 17.6. The molecule has 0 saturated carbocycles. The van der Waals surface area contributed by atoms with Gasteiger partial charge in [-0.15, -0.1) is 0 Å². The van der Waals surface area contributed by atoms with Crippen LogP contribution in [0, 0.1) is 12.7 Å². The molecule has 8 nitrogen and oxygen atoms in total. The average Bonchev–Trinajstić information content (AvgIpc) is 3.14. The van der Waals surface area contributed by atoms with Gasteiger partial charge < -0.3 is 9.42 Å². The van der Waals surface area contributed by atoms with Crippen molar-refractivity contribution in [2.24, 2.45) is 0 Å². The lowest BCUT2D eigenvalue weighted by Gasteiger charge is -2.24. The zero-order valence-electron chi connectivity index (χ0n) is 16.7. The number of aromatic nitrogens is 2. The van der Waals surface area contributed by atoms with Crippen molar-refractivity contribution < 1.29 is 22.1 Å². The van der Waals surface area contributed by atoms with Crippen LogP contribution in [-0.2, 0) is 21.4 Å². The number of amides is 1. The minimum absolute atomic E-state index is 0.0213. The predicted octanol–water partition coefficient (Wildman–Crippen LogP) is 2.61. The summed E-state index contributed by atoms with van der Waals surface area (Å²) in [6.07, 6.45) is 0.915. The van der Waals surface area contributed by atoms with Crippen molar-refractivity contribution in [3.63, 3.8) is 0 Å². The second-order valence-corrected chi connectivity index (χ2v) is 8.76. The zero-order chi connectivity index (χ0) is 21.9. The minimum Gasteiger partial charge on any atom is -0.337 e. The normalized spacial score (nSPS) is 11.3. The second kappa shape index (κ2) is 8.62. The van der Waals surface area contributed by atoms with Crippen LogP contribution in [0.4, 0.5) is 10.1 Å². The van der Waals surface area contributed by atoms with Gasteiger partial charge in [0, 0.05) is 12.6 Å². The van der Waals surface area contributed by atoms with E-state index in [4.69, 9.17) is 4.52 Å². The van der Waals surface area contributed by atoms with Gasteiger partial charge in [0.2, 0.25) is 27.6 Å². The summed E-state index contributed by atoms with van der Waals surface area (Å²) in [6, 6.07) is 12.9. The maximum absolute atomic E-state index is 14.1. The van der Waals surface area contributed by atoms with E-state index < -0.39 is 28.3 Å². The highest BCUT2D eigenvalue weighted by atomic mass is 32.2. The Morgan fingerprint density at radius 1 is 1.13 bits per heavy atom. The van der Waals surface area contributed by atoms with E-state index in [0.717, 1.165) is 27.8 Å². The van der Waals surface area contributed by atoms with Crippen molar-refractivity contribution >= 4 is 21.6 Å². The molecule has 0 radical (unpaired) electrons. The Hall–Kier alpha value is -3.27. The third-order valence-corrected chi connectivity index (χ3v) is 5.50. The van der Waals surface area contributed by atoms with Crippen molar-refractivity contribution in [2.45, 2.75) is 13.5 Å². The summed E-state index contributed by atoms with van der Waals surface area (Å²) < 4.78 is 44.3. The first-order chi connectivity index (χ1) is 14.1. The monoisotopic (exact) mass is 432 g/mol. The molecule has 3 aromatic rings. The van der Waals surface area contributed by atoms with Crippen LogP contribution >= 0.6 is 0 Å². The largest absolute Gasteiger partial charge is 0.337 e. The topological polar surface area (TPSA) is 96.6 Å². The predicted molar refractivity (Wildman–Crippen MR) is 110 cm³/mol. The Morgan fingerprint density at radius 3 is 2.43 bits per heavy atom. The van der Waals surface area contributed by atoms with E-state index in [-0.39, 0.29) is 18.1 Å². The number of anilines is 1. The Bertz CT molecular complexity index is 1150. The van der Waals surface area contributed by atoms with Gasteiger partial charge in [-0.2, -0.15) is 4.98 Å². The van der Waals surface area contributed by atoms with Gasteiger partial charge in [0.25, 0.3) is 0 Å². The van der Waals surface area contributed by atoms with Crippen molar-refractivity contribution in [1.82, 2.24) is 15.0 Å². The van der Waals surface area contributed by atoms with Crippen LogP contribution < -0.4 is 4.31 Å². The lowest BCUT2D eigenvalue weighted by Crippen LogP contribution is -2.41. The number of carbonyl (C=O) groups excluding carboxylic acids is 1. The maximum Gasteiger partial charge on any atom is 0.246 e. The van der Waals surface area contributed by atoms with Crippen molar-refractivity contribution in [2.75, 3.05) is 24.2 Å². The molecule has 10 heteroatoms. The summed E-state index contributed by atoms with van der Waals surface area (Å²) in [5.41, 5.74) is 1.67. The van der Waals surface area contributed by atoms with Crippen LogP contribution in [0.25, 0.3) is 11.4 Å². The number of likely N-dealkylation sites (N-methyl/N-ethyl adjacent to an activating group) is 1. The SMILES string of the molecule is Cc1ccc(-c2noc(CN(C)C(=O)CN(c3ccccc3F)S(C)(=O)=O)n2)cc1. The Balaban J connectivity index is 1.72. The molecule has 0 unspecified atom stereocenters. The summed E-state index contributed by atoms with van der Waals surface area (Å²) in [4.78, 5) is 18.1. The van der Waals surface area contributed by atoms with E-state index in [9.17, 15) is 17.6 Å². The van der Waals surface area contributed by atoms with Crippen LogP contribution in [0.2, 0.25) is 0 Å². The fourth-order valence-corrected chi connectivity index (χ4v) is 3.56. The molecule has 0 aliphatic carbocycles. The number of para-hydroxylation sites is 1. The first-order valence-electron chi connectivity index (χ1n) is 9.01. The highest BCUT2D eigenvalue weighted by molar-refractivity contribution is 7.92. The standard InChI is InChI=1S/C20H21FN4O4S/c1-14-8-10-15(11-9-14)20-22-18(29-23-20)12-24(2)19(26)13-25(30(3,27)28)17-7-5-4-6-16(17)21/h4-11H,12-13H2,1-3H3. The van der Waals surface area contributed by atoms with Crippen LogP contribution in [0.3, 0.4) is 0 Å². The van der Waals surface area contributed by atoms with E-state index in [1.807, 2.05) is 31.2 Å². The van der Waals surface area contributed by atoms with Gasteiger partial charge in [-0.05, 0) is 19.1 Å². The van der Waals surface area contributed by atoms with Gasteiger partial charge in [0.05, 0.1) is 18.5 Å². The number of sulfonamides is 1. The number of aryl methyl sites for hydroxylation is 1. The Morgan fingerprint density at radius 2 is 1.80 bits per heavy atom. The number of hydrogen-bond donors (Lipinski definition) is 0. The summed E-state index contributed by atoms with van der Waals surface area (Å²) >= 11 is 0.